The van der Waals surface area contributed by atoms with Gasteiger partial charge in [-0.2, -0.15) is 0 Å². The largest absolute Gasteiger partial charge is 0.478 e. The second kappa shape index (κ2) is 6.75. The number of carboxylic acid groups (broad SMARTS) is 1. The van der Waals surface area contributed by atoms with Crippen LogP contribution in [-0.2, 0) is 0 Å². The SMILES string of the molecule is O=C(O)c1ccc(-c2ccc([C@H]3CCCCCN3)cc2)cc1. The van der Waals surface area contributed by atoms with Gasteiger partial charge in [0.25, 0.3) is 0 Å². The maximum absolute atomic E-state index is 10.9. The summed E-state index contributed by atoms with van der Waals surface area (Å²) in [5.74, 6) is -0.888. The van der Waals surface area contributed by atoms with Crippen molar-refractivity contribution in [2.24, 2.45) is 0 Å². The van der Waals surface area contributed by atoms with Crippen LogP contribution < -0.4 is 5.32 Å². The molecule has 1 aliphatic heterocycles. The highest BCUT2D eigenvalue weighted by Crippen LogP contribution is 2.26. The second-order valence-electron chi connectivity index (χ2n) is 5.86. The summed E-state index contributed by atoms with van der Waals surface area (Å²) in [4.78, 5) is 10.9. The lowest BCUT2D eigenvalue weighted by atomic mass is 9.98. The highest BCUT2D eigenvalue weighted by Gasteiger charge is 2.13. The molecule has 1 fully saturated rings. The molecule has 1 saturated heterocycles. The molecule has 1 atom stereocenters. The van der Waals surface area contributed by atoms with E-state index in [1.54, 1.807) is 12.1 Å². The topological polar surface area (TPSA) is 49.3 Å². The molecule has 0 saturated carbocycles. The van der Waals surface area contributed by atoms with E-state index in [9.17, 15) is 4.79 Å². The van der Waals surface area contributed by atoms with Gasteiger partial charge in [-0.3, -0.25) is 0 Å². The molecule has 0 amide bonds. The van der Waals surface area contributed by atoms with Gasteiger partial charge in [0, 0.05) is 6.04 Å². The third kappa shape index (κ3) is 3.37. The Balaban J connectivity index is 1.77. The molecular formula is C19H21NO2. The molecule has 114 valence electrons. The summed E-state index contributed by atoms with van der Waals surface area (Å²) in [5, 5.41) is 12.6. The molecule has 3 nitrogen and oxygen atoms in total. The number of hydrogen-bond donors (Lipinski definition) is 2. The van der Waals surface area contributed by atoms with Crippen LogP contribution in [0.4, 0.5) is 0 Å². The fourth-order valence-electron chi connectivity index (χ4n) is 3.03. The Bertz CT molecular complexity index is 623. The molecule has 0 unspecified atom stereocenters. The third-order valence-electron chi connectivity index (χ3n) is 4.34. The minimum atomic E-state index is -0.888. The maximum atomic E-state index is 10.9. The molecule has 22 heavy (non-hydrogen) atoms. The second-order valence-corrected chi connectivity index (χ2v) is 5.86. The predicted molar refractivity (Wildman–Crippen MR) is 88.0 cm³/mol. The molecule has 2 N–H and O–H groups in total. The van der Waals surface area contributed by atoms with Crippen molar-refractivity contribution in [2.45, 2.75) is 31.7 Å². The molecule has 2 aromatic rings. The van der Waals surface area contributed by atoms with Crippen LogP contribution in [0.1, 0.15) is 47.6 Å². The average molecular weight is 295 g/mol. The summed E-state index contributed by atoms with van der Waals surface area (Å²) < 4.78 is 0. The molecule has 3 rings (SSSR count). The van der Waals surface area contributed by atoms with Crippen molar-refractivity contribution in [1.82, 2.24) is 5.32 Å². The summed E-state index contributed by atoms with van der Waals surface area (Å²) in [6, 6.07) is 16.1. The van der Waals surface area contributed by atoms with Crippen molar-refractivity contribution in [3.05, 3.63) is 59.7 Å². The molecule has 1 heterocycles. The van der Waals surface area contributed by atoms with Crippen LogP contribution in [0.3, 0.4) is 0 Å². The van der Waals surface area contributed by atoms with Gasteiger partial charge < -0.3 is 10.4 Å². The normalized spacial score (nSPS) is 18.6. The van der Waals surface area contributed by atoms with Gasteiger partial charge in [-0.05, 0) is 48.2 Å². The number of carboxylic acids is 1. The Labute approximate surface area is 131 Å². The first-order valence-electron chi connectivity index (χ1n) is 7.91. The number of hydrogen-bond acceptors (Lipinski definition) is 2. The zero-order valence-corrected chi connectivity index (χ0v) is 12.6. The lowest BCUT2D eigenvalue weighted by Gasteiger charge is -2.16. The van der Waals surface area contributed by atoms with E-state index < -0.39 is 5.97 Å². The van der Waals surface area contributed by atoms with Crippen molar-refractivity contribution in [1.29, 1.82) is 0 Å². The molecule has 1 aliphatic rings. The van der Waals surface area contributed by atoms with Crippen molar-refractivity contribution in [3.63, 3.8) is 0 Å². The van der Waals surface area contributed by atoms with E-state index in [-0.39, 0.29) is 0 Å². The summed E-state index contributed by atoms with van der Waals surface area (Å²) >= 11 is 0. The first kappa shape index (κ1) is 14.8. The van der Waals surface area contributed by atoms with Gasteiger partial charge in [0.05, 0.1) is 5.56 Å². The van der Waals surface area contributed by atoms with Crippen LogP contribution in [0, 0.1) is 0 Å². The first-order chi connectivity index (χ1) is 10.7. The third-order valence-corrected chi connectivity index (χ3v) is 4.34. The molecule has 0 radical (unpaired) electrons. The highest BCUT2D eigenvalue weighted by atomic mass is 16.4. The van der Waals surface area contributed by atoms with Crippen LogP contribution in [0.2, 0.25) is 0 Å². The Morgan fingerprint density at radius 2 is 1.55 bits per heavy atom. The lowest BCUT2D eigenvalue weighted by molar-refractivity contribution is 0.0697. The van der Waals surface area contributed by atoms with Gasteiger partial charge in [0.1, 0.15) is 0 Å². The van der Waals surface area contributed by atoms with Crippen molar-refractivity contribution < 1.29 is 9.90 Å². The van der Waals surface area contributed by atoms with Crippen molar-refractivity contribution >= 4 is 5.97 Å². The molecular weight excluding hydrogens is 274 g/mol. The van der Waals surface area contributed by atoms with Gasteiger partial charge >= 0.3 is 5.97 Å². The summed E-state index contributed by atoms with van der Waals surface area (Å²) in [5.41, 5.74) is 3.83. The van der Waals surface area contributed by atoms with E-state index in [2.05, 4.69) is 29.6 Å². The minimum Gasteiger partial charge on any atom is -0.478 e. The Morgan fingerprint density at radius 3 is 2.18 bits per heavy atom. The van der Waals surface area contributed by atoms with Crippen LogP contribution in [0.5, 0.6) is 0 Å². The van der Waals surface area contributed by atoms with E-state index >= 15 is 0 Å². The number of benzene rings is 2. The molecule has 0 bridgehead atoms. The highest BCUT2D eigenvalue weighted by molar-refractivity contribution is 5.88. The van der Waals surface area contributed by atoms with Crippen LogP contribution in [0.15, 0.2) is 48.5 Å². The smallest absolute Gasteiger partial charge is 0.335 e. The maximum Gasteiger partial charge on any atom is 0.335 e. The summed E-state index contributed by atoms with van der Waals surface area (Å²) in [6.45, 7) is 1.10. The van der Waals surface area contributed by atoms with E-state index in [1.807, 2.05) is 12.1 Å². The van der Waals surface area contributed by atoms with Crippen molar-refractivity contribution in [3.8, 4) is 11.1 Å². The number of nitrogens with one attached hydrogen (secondary N) is 1. The molecule has 2 aromatic carbocycles. The minimum absolute atomic E-state index is 0.322. The zero-order valence-electron chi connectivity index (χ0n) is 12.6. The summed E-state index contributed by atoms with van der Waals surface area (Å²) in [6.07, 6.45) is 5.07. The van der Waals surface area contributed by atoms with Gasteiger partial charge in [0.2, 0.25) is 0 Å². The Hall–Kier alpha value is -2.13. The Kier molecular flexibility index (Phi) is 4.54. The molecule has 3 heteroatoms. The van der Waals surface area contributed by atoms with E-state index in [1.165, 1.54) is 31.2 Å². The summed E-state index contributed by atoms with van der Waals surface area (Å²) in [7, 11) is 0. The van der Waals surface area contributed by atoms with Gasteiger partial charge in [0.15, 0.2) is 0 Å². The zero-order chi connectivity index (χ0) is 15.4. The van der Waals surface area contributed by atoms with Gasteiger partial charge in [-0.25, -0.2) is 4.79 Å². The average Bonchev–Trinajstić information content (AvgIpc) is 2.84. The van der Waals surface area contributed by atoms with E-state index in [0.29, 0.717) is 11.6 Å². The number of aromatic carboxylic acids is 1. The number of rotatable bonds is 3. The fraction of sp³-hybridized carbons (Fsp3) is 0.316. The molecule has 0 aliphatic carbocycles. The quantitative estimate of drug-likeness (QED) is 0.889. The van der Waals surface area contributed by atoms with E-state index in [4.69, 9.17) is 5.11 Å². The van der Waals surface area contributed by atoms with Crippen LogP contribution >= 0.6 is 0 Å². The van der Waals surface area contributed by atoms with Gasteiger partial charge in [-0.1, -0.05) is 49.2 Å². The van der Waals surface area contributed by atoms with Crippen molar-refractivity contribution in [2.75, 3.05) is 6.54 Å². The van der Waals surface area contributed by atoms with Crippen LogP contribution in [-0.4, -0.2) is 17.6 Å². The van der Waals surface area contributed by atoms with E-state index in [0.717, 1.165) is 17.7 Å². The van der Waals surface area contributed by atoms with Gasteiger partial charge in [-0.15, -0.1) is 0 Å². The monoisotopic (exact) mass is 295 g/mol. The number of carbonyl (C=O) groups is 1. The first-order valence-corrected chi connectivity index (χ1v) is 7.91. The fourth-order valence-corrected chi connectivity index (χ4v) is 3.03. The lowest BCUT2D eigenvalue weighted by Crippen LogP contribution is -2.20. The standard InChI is InChI=1S/C19H21NO2/c21-19(22)17-11-7-15(8-12-17)14-5-9-16(10-6-14)18-4-2-1-3-13-20-18/h5-12,18,20H,1-4,13H2,(H,21,22)/t18-/m1/s1. The van der Waals surface area contributed by atoms with Crippen LogP contribution in [0.25, 0.3) is 11.1 Å². The predicted octanol–water partition coefficient (Wildman–Crippen LogP) is 4.26. The molecule has 0 spiro atoms. The Morgan fingerprint density at radius 1 is 0.909 bits per heavy atom. The molecule has 0 aromatic heterocycles.